The summed E-state index contributed by atoms with van der Waals surface area (Å²) in [6.45, 7) is 21.8. The predicted molar refractivity (Wildman–Crippen MR) is 94.4 cm³/mol. The standard InChI is InChI=1S/C20H31N/c1-14(2)17(5)19(20(6,7)8)21-16(4)13-18-11-9-10-15(3)12-18/h9-12,14,19,21H,4-5,13H2,1-3,6-8H3. The van der Waals surface area contributed by atoms with E-state index in [2.05, 4.69) is 84.3 Å². The maximum Gasteiger partial charge on any atom is 0.0518 e. The molecule has 0 aliphatic rings. The van der Waals surface area contributed by atoms with Gasteiger partial charge >= 0.3 is 0 Å². The van der Waals surface area contributed by atoms with Gasteiger partial charge in [-0.2, -0.15) is 0 Å². The summed E-state index contributed by atoms with van der Waals surface area (Å²) in [6.07, 6.45) is 0.861. The van der Waals surface area contributed by atoms with Crippen molar-refractivity contribution in [2.75, 3.05) is 0 Å². The third kappa shape index (κ3) is 5.41. The van der Waals surface area contributed by atoms with Crippen LogP contribution in [-0.2, 0) is 6.42 Å². The lowest BCUT2D eigenvalue weighted by Gasteiger charge is -2.36. The largest absolute Gasteiger partial charge is 0.382 e. The number of rotatable bonds is 6. The molecule has 0 heterocycles. The first-order valence-electron chi connectivity index (χ1n) is 7.79. The quantitative estimate of drug-likeness (QED) is 0.702. The third-order valence-corrected chi connectivity index (χ3v) is 3.83. The van der Waals surface area contributed by atoms with E-state index in [1.165, 1.54) is 16.7 Å². The van der Waals surface area contributed by atoms with Gasteiger partial charge in [-0.3, -0.25) is 0 Å². The Morgan fingerprint density at radius 2 is 1.81 bits per heavy atom. The maximum absolute atomic E-state index is 4.29. The lowest BCUT2D eigenvalue weighted by Crippen LogP contribution is -2.42. The van der Waals surface area contributed by atoms with Crippen LogP contribution in [0.2, 0.25) is 0 Å². The Kier molecular flexibility index (Phi) is 5.83. The molecule has 1 aromatic carbocycles. The molecule has 1 atom stereocenters. The van der Waals surface area contributed by atoms with Gasteiger partial charge in [0.25, 0.3) is 0 Å². The lowest BCUT2D eigenvalue weighted by molar-refractivity contribution is 0.303. The molecule has 0 fully saturated rings. The van der Waals surface area contributed by atoms with Gasteiger partial charge in [0.05, 0.1) is 6.04 Å². The fourth-order valence-corrected chi connectivity index (χ4v) is 2.52. The zero-order valence-corrected chi connectivity index (χ0v) is 14.6. The summed E-state index contributed by atoms with van der Waals surface area (Å²) in [5, 5.41) is 3.61. The molecule has 0 radical (unpaired) electrons. The minimum atomic E-state index is 0.122. The van der Waals surface area contributed by atoms with E-state index in [0.29, 0.717) is 5.92 Å². The summed E-state index contributed by atoms with van der Waals surface area (Å²) in [5.41, 5.74) is 5.02. The van der Waals surface area contributed by atoms with Gasteiger partial charge in [0, 0.05) is 12.1 Å². The van der Waals surface area contributed by atoms with Crippen LogP contribution in [0.5, 0.6) is 0 Å². The summed E-state index contributed by atoms with van der Waals surface area (Å²) in [5.74, 6) is 0.466. The molecule has 21 heavy (non-hydrogen) atoms. The molecule has 0 aliphatic heterocycles. The van der Waals surface area contributed by atoms with E-state index in [9.17, 15) is 0 Å². The van der Waals surface area contributed by atoms with Crippen LogP contribution in [0.1, 0.15) is 45.7 Å². The Labute approximate surface area is 131 Å². The third-order valence-electron chi connectivity index (χ3n) is 3.83. The molecule has 1 unspecified atom stereocenters. The van der Waals surface area contributed by atoms with Crippen molar-refractivity contribution in [3.05, 3.63) is 59.8 Å². The van der Waals surface area contributed by atoms with Crippen LogP contribution in [0.15, 0.2) is 48.7 Å². The van der Waals surface area contributed by atoms with E-state index in [0.717, 1.165) is 12.1 Å². The number of allylic oxidation sites excluding steroid dienone is 1. The Balaban J connectivity index is 2.80. The number of hydrogen-bond donors (Lipinski definition) is 1. The fraction of sp³-hybridized carbons (Fsp3) is 0.500. The van der Waals surface area contributed by atoms with Crippen LogP contribution in [0.25, 0.3) is 0 Å². The monoisotopic (exact) mass is 285 g/mol. The second kappa shape index (κ2) is 6.98. The maximum atomic E-state index is 4.29. The summed E-state index contributed by atoms with van der Waals surface area (Å²) in [6, 6.07) is 8.85. The van der Waals surface area contributed by atoms with Gasteiger partial charge in [-0.25, -0.2) is 0 Å². The van der Waals surface area contributed by atoms with E-state index in [1.54, 1.807) is 0 Å². The summed E-state index contributed by atoms with van der Waals surface area (Å²) in [4.78, 5) is 0. The number of aryl methyl sites for hydroxylation is 1. The van der Waals surface area contributed by atoms with Gasteiger partial charge in [0.2, 0.25) is 0 Å². The SMILES string of the molecule is C=C(Cc1cccc(C)c1)NC(C(=C)C(C)C)C(C)(C)C. The van der Waals surface area contributed by atoms with Crippen LogP contribution >= 0.6 is 0 Å². The van der Waals surface area contributed by atoms with Crippen molar-refractivity contribution in [2.24, 2.45) is 11.3 Å². The summed E-state index contributed by atoms with van der Waals surface area (Å²) < 4.78 is 0. The van der Waals surface area contributed by atoms with Gasteiger partial charge in [-0.1, -0.05) is 83.2 Å². The number of benzene rings is 1. The molecule has 1 N–H and O–H groups in total. The van der Waals surface area contributed by atoms with E-state index in [4.69, 9.17) is 0 Å². The highest BCUT2D eigenvalue weighted by Gasteiger charge is 2.28. The molecule has 1 aromatic rings. The van der Waals surface area contributed by atoms with Gasteiger partial charge in [-0.15, -0.1) is 0 Å². The Hall–Kier alpha value is -1.50. The predicted octanol–water partition coefficient (Wildman–Crippen LogP) is 5.27. The molecular formula is C20H31N. The molecule has 0 amide bonds. The summed E-state index contributed by atoms with van der Waals surface area (Å²) in [7, 11) is 0. The Bertz CT molecular complexity index is 503. The van der Waals surface area contributed by atoms with Crippen molar-refractivity contribution in [2.45, 2.75) is 54.0 Å². The van der Waals surface area contributed by atoms with Gasteiger partial charge in [-0.05, 0) is 23.8 Å². The first kappa shape index (κ1) is 17.6. The zero-order valence-electron chi connectivity index (χ0n) is 14.6. The van der Waals surface area contributed by atoms with Crippen molar-refractivity contribution in [1.29, 1.82) is 0 Å². The highest BCUT2D eigenvalue weighted by Crippen LogP contribution is 2.29. The zero-order chi connectivity index (χ0) is 16.2. The molecule has 116 valence electrons. The van der Waals surface area contributed by atoms with Crippen molar-refractivity contribution < 1.29 is 0 Å². The molecule has 1 nitrogen and oxygen atoms in total. The molecule has 1 rings (SSSR count). The molecule has 0 aliphatic carbocycles. The van der Waals surface area contributed by atoms with E-state index in [1.807, 2.05) is 0 Å². The normalized spacial score (nSPS) is 13.1. The molecule has 0 spiro atoms. The highest BCUT2D eigenvalue weighted by molar-refractivity contribution is 5.26. The smallest absolute Gasteiger partial charge is 0.0518 e. The van der Waals surface area contributed by atoms with Crippen LogP contribution in [0.4, 0.5) is 0 Å². The first-order chi connectivity index (χ1) is 9.61. The van der Waals surface area contributed by atoms with Crippen molar-refractivity contribution >= 4 is 0 Å². The van der Waals surface area contributed by atoms with Crippen molar-refractivity contribution in [3.8, 4) is 0 Å². The van der Waals surface area contributed by atoms with Gasteiger partial charge < -0.3 is 5.32 Å². The average molecular weight is 285 g/mol. The first-order valence-corrected chi connectivity index (χ1v) is 7.79. The molecule has 0 aromatic heterocycles. The van der Waals surface area contributed by atoms with E-state index in [-0.39, 0.29) is 11.5 Å². The molecule has 0 saturated heterocycles. The van der Waals surface area contributed by atoms with Crippen LogP contribution < -0.4 is 5.32 Å². The average Bonchev–Trinajstić information content (AvgIpc) is 2.33. The van der Waals surface area contributed by atoms with Crippen LogP contribution in [-0.4, -0.2) is 6.04 Å². The highest BCUT2D eigenvalue weighted by atomic mass is 14.9. The molecule has 1 heteroatoms. The summed E-state index contributed by atoms with van der Waals surface area (Å²) >= 11 is 0. The topological polar surface area (TPSA) is 12.0 Å². The second-order valence-electron chi connectivity index (χ2n) is 7.44. The van der Waals surface area contributed by atoms with Crippen LogP contribution in [0.3, 0.4) is 0 Å². The molecular weight excluding hydrogens is 254 g/mol. The molecule has 0 bridgehead atoms. The van der Waals surface area contributed by atoms with Gasteiger partial charge in [0.1, 0.15) is 0 Å². The lowest BCUT2D eigenvalue weighted by atomic mass is 9.79. The fourth-order valence-electron chi connectivity index (χ4n) is 2.52. The van der Waals surface area contributed by atoms with E-state index >= 15 is 0 Å². The van der Waals surface area contributed by atoms with Crippen LogP contribution in [0, 0.1) is 18.3 Å². The Morgan fingerprint density at radius 1 is 1.19 bits per heavy atom. The van der Waals surface area contributed by atoms with E-state index < -0.39 is 0 Å². The van der Waals surface area contributed by atoms with Crippen molar-refractivity contribution in [1.82, 2.24) is 5.32 Å². The Morgan fingerprint density at radius 3 is 2.29 bits per heavy atom. The minimum Gasteiger partial charge on any atom is -0.382 e. The second-order valence-corrected chi connectivity index (χ2v) is 7.44. The minimum absolute atomic E-state index is 0.122. The van der Waals surface area contributed by atoms with Gasteiger partial charge in [0.15, 0.2) is 0 Å². The molecule has 0 saturated carbocycles. The number of nitrogens with one attached hydrogen (secondary N) is 1. The van der Waals surface area contributed by atoms with Crippen molar-refractivity contribution in [3.63, 3.8) is 0 Å². The number of hydrogen-bond acceptors (Lipinski definition) is 1.